The molecule has 2 N–H and O–H groups in total. The van der Waals surface area contributed by atoms with E-state index in [4.69, 9.17) is 4.74 Å². The first-order chi connectivity index (χ1) is 8.81. The smallest absolute Gasteiger partial charge is 0.270 e. The Labute approximate surface area is 114 Å². The predicted octanol–water partition coefficient (Wildman–Crippen LogP) is 1.37. The largest absolute Gasteiger partial charge is 0.383 e. The van der Waals surface area contributed by atoms with Crippen LogP contribution in [0.5, 0.6) is 0 Å². The molecule has 0 aliphatic rings. The summed E-state index contributed by atoms with van der Waals surface area (Å²) < 4.78 is 4.95. The Bertz CT molecular complexity index is 441. The average Bonchev–Trinajstić information content (AvgIpc) is 2.26. The maximum absolute atomic E-state index is 12.0. The van der Waals surface area contributed by atoms with Gasteiger partial charge >= 0.3 is 0 Å². The number of aromatic nitrogens is 2. The van der Waals surface area contributed by atoms with Gasteiger partial charge in [-0.05, 0) is 27.7 Å². The summed E-state index contributed by atoms with van der Waals surface area (Å²) >= 11 is 0. The SMILES string of the molecule is COCCNc1cc(C(=O)NC(C)(C)C)nc(C)n1. The first-order valence-electron chi connectivity index (χ1n) is 6.23. The minimum absolute atomic E-state index is 0.201. The van der Waals surface area contributed by atoms with Crippen molar-refractivity contribution in [2.75, 3.05) is 25.6 Å². The van der Waals surface area contributed by atoms with Crippen LogP contribution in [0.3, 0.4) is 0 Å². The summed E-state index contributed by atoms with van der Waals surface area (Å²) in [5, 5.41) is 5.96. The molecule has 0 unspecified atom stereocenters. The summed E-state index contributed by atoms with van der Waals surface area (Å²) in [6, 6.07) is 1.64. The second-order valence-electron chi connectivity index (χ2n) is 5.31. The number of hydrogen-bond acceptors (Lipinski definition) is 5. The topological polar surface area (TPSA) is 76.1 Å². The second-order valence-corrected chi connectivity index (χ2v) is 5.31. The van der Waals surface area contributed by atoms with E-state index < -0.39 is 0 Å². The van der Waals surface area contributed by atoms with Gasteiger partial charge in [-0.2, -0.15) is 0 Å². The van der Waals surface area contributed by atoms with Gasteiger partial charge in [0, 0.05) is 25.3 Å². The molecule has 0 aromatic carbocycles. The number of carbonyl (C=O) groups excluding carboxylic acids is 1. The molecule has 1 heterocycles. The van der Waals surface area contributed by atoms with Crippen molar-refractivity contribution in [3.63, 3.8) is 0 Å². The van der Waals surface area contributed by atoms with Crippen LogP contribution in [0.1, 0.15) is 37.1 Å². The van der Waals surface area contributed by atoms with Crippen LogP contribution in [0.15, 0.2) is 6.07 Å². The zero-order valence-electron chi connectivity index (χ0n) is 12.2. The molecule has 0 aliphatic carbocycles. The minimum atomic E-state index is -0.292. The molecule has 1 amide bonds. The molecule has 0 atom stereocenters. The Kier molecular flexibility index (Phi) is 5.23. The highest BCUT2D eigenvalue weighted by molar-refractivity contribution is 5.93. The highest BCUT2D eigenvalue weighted by Crippen LogP contribution is 2.08. The van der Waals surface area contributed by atoms with E-state index in [1.807, 2.05) is 20.8 Å². The Morgan fingerprint density at radius 2 is 2.05 bits per heavy atom. The molecular formula is C13H22N4O2. The number of aryl methyl sites for hydroxylation is 1. The molecule has 0 radical (unpaired) electrons. The number of amides is 1. The summed E-state index contributed by atoms with van der Waals surface area (Å²) in [4.78, 5) is 20.4. The third-order valence-corrected chi connectivity index (χ3v) is 2.17. The first-order valence-corrected chi connectivity index (χ1v) is 6.23. The lowest BCUT2D eigenvalue weighted by Crippen LogP contribution is -2.41. The van der Waals surface area contributed by atoms with Crippen molar-refractivity contribution in [3.05, 3.63) is 17.6 Å². The molecule has 1 aromatic rings. The second kappa shape index (κ2) is 6.47. The molecule has 0 saturated carbocycles. The van der Waals surface area contributed by atoms with E-state index in [1.165, 1.54) is 0 Å². The number of rotatable bonds is 5. The molecule has 6 nitrogen and oxygen atoms in total. The molecule has 6 heteroatoms. The number of ether oxygens (including phenoxy) is 1. The standard InChI is InChI=1S/C13H22N4O2/c1-9-15-10(12(18)17-13(2,3)4)8-11(16-9)14-6-7-19-5/h8H,6-7H2,1-5H3,(H,17,18)(H,14,15,16). The van der Waals surface area contributed by atoms with Gasteiger partial charge in [0.2, 0.25) is 0 Å². The maximum Gasteiger partial charge on any atom is 0.270 e. The highest BCUT2D eigenvalue weighted by atomic mass is 16.5. The average molecular weight is 266 g/mol. The van der Waals surface area contributed by atoms with Gasteiger partial charge in [0.05, 0.1) is 6.61 Å². The number of hydrogen-bond donors (Lipinski definition) is 2. The minimum Gasteiger partial charge on any atom is -0.383 e. The number of methoxy groups -OCH3 is 1. The number of nitrogens with zero attached hydrogens (tertiary/aromatic N) is 2. The van der Waals surface area contributed by atoms with Crippen molar-refractivity contribution < 1.29 is 9.53 Å². The van der Waals surface area contributed by atoms with E-state index in [9.17, 15) is 4.79 Å². The third-order valence-electron chi connectivity index (χ3n) is 2.17. The third kappa shape index (κ3) is 5.65. The van der Waals surface area contributed by atoms with Crippen LogP contribution in [0, 0.1) is 6.92 Å². The summed E-state index contributed by atoms with van der Waals surface area (Å²) in [6.45, 7) is 8.75. The lowest BCUT2D eigenvalue weighted by atomic mass is 10.1. The van der Waals surface area contributed by atoms with Crippen molar-refractivity contribution >= 4 is 11.7 Å². The van der Waals surface area contributed by atoms with Gasteiger partial charge < -0.3 is 15.4 Å². The van der Waals surface area contributed by atoms with Crippen LogP contribution in [-0.2, 0) is 4.74 Å². The summed E-state index contributed by atoms with van der Waals surface area (Å²) in [7, 11) is 1.63. The van der Waals surface area contributed by atoms with Gasteiger partial charge in [-0.3, -0.25) is 4.79 Å². The van der Waals surface area contributed by atoms with E-state index in [0.717, 1.165) is 0 Å². The van der Waals surface area contributed by atoms with Crippen LogP contribution >= 0.6 is 0 Å². The van der Waals surface area contributed by atoms with Crippen molar-refractivity contribution in [2.45, 2.75) is 33.2 Å². The first kappa shape index (κ1) is 15.4. The fourth-order valence-electron chi connectivity index (χ4n) is 1.46. The lowest BCUT2D eigenvalue weighted by molar-refractivity contribution is 0.0914. The monoisotopic (exact) mass is 266 g/mol. The molecular weight excluding hydrogens is 244 g/mol. The van der Waals surface area contributed by atoms with E-state index in [-0.39, 0.29) is 11.4 Å². The molecule has 1 aromatic heterocycles. The van der Waals surface area contributed by atoms with Gasteiger partial charge in [0.1, 0.15) is 17.3 Å². The Morgan fingerprint density at radius 3 is 2.63 bits per heavy atom. The van der Waals surface area contributed by atoms with E-state index in [1.54, 1.807) is 20.1 Å². The number of anilines is 1. The van der Waals surface area contributed by atoms with Gasteiger partial charge in [-0.25, -0.2) is 9.97 Å². The van der Waals surface area contributed by atoms with Gasteiger partial charge in [-0.1, -0.05) is 0 Å². The fraction of sp³-hybridized carbons (Fsp3) is 0.615. The van der Waals surface area contributed by atoms with Crippen LogP contribution in [0.4, 0.5) is 5.82 Å². The Balaban J connectivity index is 2.81. The van der Waals surface area contributed by atoms with Gasteiger partial charge in [-0.15, -0.1) is 0 Å². The quantitative estimate of drug-likeness (QED) is 0.787. The number of nitrogens with one attached hydrogen (secondary N) is 2. The maximum atomic E-state index is 12.0. The van der Waals surface area contributed by atoms with Crippen molar-refractivity contribution in [1.29, 1.82) is 0 Å². The summed E-state index contributed by atoms with van der Waals surface area (Å²) in [5.74, 6) is 0.984. The molecule has 0 bridgehead atoms. The fourth-order valence-corrected chi connectivity index (χ4v) is 1.46. The predicted molar refractivity (Wildman–Crippen MR) is 74.4 cm³/mol. The molecule has 0 saturated heterocycles. The lowest BCUT2D eigenvalue weighted by Gasteiger charge is -2.20. The molecule has 0 aliphatic heterocycles. The Morgan fingerprint density at radius 1 is 1.37 bits per heavy atom. The van der Waals surface area contributed by atoms with E-state index in [0.29, 0.717) is 30.5 Å². The zero-order valence-corrected chi connectivity index (χ0v) is 12.2. The zero-order chi connectivity index (χ0) is 14.5. The van der Waals surface area contributed by atoms with E-state index in [2.05, 4.69) is 20.6 Å². The van der Waals surface area contributed by atoms with Gasteiger partial charge in [0.25, 0.3) is 5.91 Å². The van der Waals surface area contributed by atoms with Crippen molar-refractivity contribution in [1.82, 2.24) is 15.3 Å². The van der Waals surface area contributed by atoms with E-state index >= 15 is 0 Å². The molecule has 19 heavy (non-hydrogen) atoms. The molecule has 0 spiro atoms. The van der Waals surface area contributed by atoms with Crippen LogP contribution in [0.25, 0.3) is 0 Å². The summed E-state index contributed by atoms with van der Waals surface area (Å²) in [5.41, 5.74) is 0.0712. The van der Waals surface area contributed by atoms with Crippen LogP contribution in [-0.4, -0.2) is 41.7 Å². The van der Waals surface area contributed by atoms with Crippen molar-refractivity contribution in [2.24, 2.45) is 0 Å². The summed E-state index contributed by atoms with van der Waals surface area (Å²) in [6.07, 6.45) is 0. The highest BCUT2D eigenvalue weighted by Gasteiger charge is 2.17. The molecule has 106 valence electrons. The van der Waals surface area contributed by atoms with Crippen LogP contribution < -0.4 is 10.6 Å². The Hall–Kier alpha value is -1.69. The van der Waals surface area contributed by atoms with Crippen molar-refractivity contribution in [3.8, 4) is 0 Å². The van der Waals surface area contributed by atoms with Crippen LogP contribution in [0.2, 0.25) is 0 Å². The molecule has 1 rings (SSSR count). The number of carbonyl (C=O) groups is 1. The van der Waals surface area contributed by atoms with Gasteiger partial charge in [0.15, 0.2) is 0 Å². The normalized spacial score (nSPS) is 11.2. The molecule has 0 fully saturated rings.